The van der Waals surface area contributed by atoms with Crippen LogP contribution in [0.5, 0.6) is 5.75 Å². The average Bonchev–Trinajstić information content (AvgIpc) is 2.86. The zero-order valence-corrected chi connectivity index (χ0v) is 12.5. The Morgan fingerprint density at radius 3 is 2.67 bits per heavy atom. The summed E-state index contributed by atoms with van der Waals surface area (Å²) in [7, 11) is 1.72. The van der Waals surface area contributed by atoms with Crippen LogP contribution in [0.3, 0.4) is 0 Å². The van der Waals surface area contributed by atoms with E-state index in [2.05, 4.69) is 54.1 Å². The van der Waals surface area contributed by atoms with Crippen molar-refractivity contribution >= 4 is 10.9 Å². The highest BCUT2D eigenvalue weighted by molar-refractivity contribution is 5.84. The molecule has 0 radical (unpaired) electrons. The Hall–Kier alpha value is -2.26. The van der Waals surface area contributed by atoms with Gasteiger partial charge in [0.1, 0.15) is 5.75 Å². The third-order valence-electron chi connectivity index (χ3n) is 3.87. The largest absolute Gasteiger partial charge is 0.496 e. The highest BCUT2D eigenvalue weighted by atomic mass is 16.5. The quantitative estimate of drug-likeness (QED) is 0.795. The number of methoxy groups -OCH3 is 1. The fraction of sp³-hybridized carbons (Fsp3) is 0.222. The summed E-state index contributed by atoms with van der Waals surface area (Å²) in [6.07, 6.45) is 2.15. The first-order valence-corrected chi connectivity index (χ1v) is 7.13. The molecule has 0 unspecified atom stereocenters. The molecule has 2 aromatic carbocycles. The maximum Gasteiger partial charge on any atom is 0.123 e. The predicted molar refractivity (Wildman–Crippen MR) is 86.7 cm³/mol. The van der Waals surface area contributed by atoms with Crippen LogP contribution in [0.15, 0.2) is 48.7 Å². The lowest BCUT2D eigenvalue weighted by Crippen LogP contribution is -2.01. The number of hydrogen-bond acceptors (Lipinski definition) is 2. The van der Waals surface area contributed by atoms with E-state index in [0.29, 0.717) is 6.54 Å². The van der Waals surface area contributed by atoms with Crippen LogP contribution in [-0.4, -0.2) is 11.7 Å². The first kappa shape index (κ1) is 13.7. The second-order valence-electron chi connectivity index (χ2n) is 5.32. The van der Waals surface area contributed by atoms with Crippen molar-refractivity contribution in [1.29, 1.82) is 0 Å². The van der Waals surface area contributed by atoms with E-state index in [0.717, 1.165) is 12.3 Å². The lowest BCUT2D eigenvalue weighted by Gasteiger charge is -2.11. The van der Waals surface area contributed by atoms with Crippen molar-refractivity contribution in [3.8, 4) is 5.75 Å². The number of nitrogens with two attached hydrogens (primary N) is 1. The Kier molecular flexibility index (Phi) is 3.67. The summed E-state index contributed by atoms with van der Waals surface area (Å²) in [6, 6.07) is 14.7. The van der Waals surface area contributed by atoms with Gasteiger partial charge in [-0.25, -0.2) is 0 Å². The molecule has 108 valence electrons. The predicted octanol–water partition coefficient (Wildman–Crippen LogP) is 3.47. The first-order valence-electron chi connectivity index (χ1n) is 7.13. The van der Waals surface area contributed by atoms with Crippen molar-refractivity contribution < 1.29 is 4.74 Å². The number of fused-ring (bicyclic) bond motifs is 1. The highest BCUT2D eigenvalue weighted by Gasteiger charge is 2.09. The Balaban J connectivity index is 2.08. The molecule has 21 heavy (non-hydrogen) atoms. The van der Waals surface area contributed by atoms with Crippen molar-refractivity contribution in [2.24, 2.45) is 5.73 Å². The van der Waals surface area contributed by atoms with E-state index in [1.807, 2.05) is 6.07 Å². The topological polar surface area (TPSA) is 40.2 Å². The van der Waals surface area contributed by atoms with Gasteiger partial charge in [0.15, 0.2) is 0 Å². The van der Waals surface area contributed by atoms with Gasteiger partial charge in [-0.2, -0.15) is 0 Å². The Bertz CT molecular complexity index is 774. The number of hydrogen-bond donors (Lipinski definition) is 1. The van der Waals surface area contributed by atoms with Crippen LogP contribution < -0.4 is 10.5 Å². The minimum absolute atomic E-state index is 0.554. The molecule has 0 aliphatic rings. The van der Waals surface area contributed by atoms with Gasteiger partial charge in [-0.3, -0.25) is 0 Å². The average molecular weight is 280 g/mol. The van der Waals surface area contributed by atoms with Crippen molar-refractivity contribution in [2.45, 2.75) is 20.0 Å². The van der Waals surface area contributed by atoms with E-state index in [-0.39, 0.29) is 0 Å². The molecule has 0 bridgehead atoms. The van der Waals surface area contributed by atoms with Crippen LogP contribution in [0.1, 0.15) is 16.7 Å². The maximum absolute atomic E-state index is 5.86. The van der Waals surface area contributed by atoms with Gasteiger partial charge in [0.05, 0.1) is 13.7 Å². The molecule has 1 aromatic heterocycles. The molecule has 2 N–H and O–H groups in total. The summed E-state index contributed by atoms with van der Waals surface area (Å²) in [6.45, 7) is 3.44. The fourth-order valence-electron chi connectivity index (χ4n) is 2.83. The molecule has 3 nitrogen and oxygen atoms in total. The standard InChI is InChI=1S/C18H20N2O/c1-13-7-8-18(21-2)14(9-13)11-20-12-15(10-19)16-5-3-4-6-17(16)20/h3-9,12H,10-11,19H2,1-2H3. The molecule has 3 heteroatoms. The second kappa shape index (κ2) is 5.62. The molecule has 3 aromatic rings. The lowest BCUT2D eigenvalue weighted by atomic mass is 10.1. The van der Waals surface area contributed by atoms with Crippen LogP contribution in [0.25, 0.3) is 10.9 Å². The molecule has 0 atom stereocenters. The Labute approximate surface area is 125 Å². The zero-order chi connectivity index (χ0) is 14.8. The van der Waals surface area contributed by atoms with Gasteiger partial charge < -0.3 is 15.0 Å². The fourth-order valence-corrected chi connectivity index (χ4v) is 2.83. The monoisotopic (exact) mass is 280 g/mol. The van der Waals surface area contributed by atoms with Gasteiger partial charge in [0, 0.05) is 29.2 Å². The van der Waals surface area contributed by atoms with Crippen LogP contribution in [0, 0.1) is 6.92 Å². The minimum atomic E-state index is 0.554. The summed E-state index contributed by atoms with van der Waals surface area (Å²) in [5.74, 6) is 0.924. The van der Waals surface area contributed by atoms with Crippen LogP contribution in [0.4, 0.5) is 0 Å². The number of aromatic nitrogens is 1. The Morgan fingerprint density at radius 1 is 1.10 bits per heavy atom. The number of benzene rings is 2. The molecule has 0 amide bonds. The van der Waals surface area contributed by atoms with E-state index in [4.69, 9.17) is 10.5 Å². The summed E-state index contributed by atoms with van der Waals surface area (Å²) in [4.78, 5) is 0. The van der Waals surface area contributed by atoms with Crippen LogP contribution in [-0.2, 0) is 13.1 Å². The first-order chi connectivity index (χ1) is 10.2. The summed E-state index contributed by atoms with van der Waals surface area (Å²) >= 11 is 0. The molecule has 0 saturated heterocycles. The third kappa shape index (κ3) is 2.52. The molecule has 0 aliphatic carbocycles. The van der Waals surface area contributed by atoms with Gasteiger partial charge in [-0.15, -0.1) is 0 Å². The zero-order valence-electron chi connectivity index (χ0n) is 12.5. The molecule has 3 rings (SSSR count). The van der Waals surface area contributed by atoms with Gasteiger partial charge in [-0.1, -0.05) is 35.9 Å². The molecule has 0 aliphatic heterocycles. The van der Waals surface area contributed by atoms with Crippen molar-refractivity contribution in [1.82, 2.24) is 4.57 Å². The van der Waals surface area contributed by atoms with Crippen LogP contribution in [0.2, 0.25) is 0 Å². The van der Waals surface area contributed by atoms with E-state index in [1.54, 1.807) is 7.11 Å². The van der Waals surface area contributed by atoms with E-state index < -0.39 is 0 Å². The van der Waals surface area contributed by atoms with Crippen molar-refractivity contribution in [2.75, 3.05) is 7.11 Å². The lowest BCUT2D eigenvalue weighted by molar-refractivity contribution is 0.408. The summed E-state index contributed by atoms with van der Waals surface area (Å²) in [5.41, 5.74) is 10.7. The molecule has 0 fully saturated rings. The number of nitrogens with zero attached hydrogens (tertiary/aromatic N) is 1. The maximum atomic E-state index is 5.86. The van der Waals surface area contributed by atoms with Crippen molar-refractivity contribution in [3.63, 3.8) is 0 Å². The van der Waals surface area contributed by atoms with Gasteiger partial charge >= 0.3 is 0 Å². The summed E-state index contributed by atoms with van der Waals surface area (Å²) in [5, 5.41) is 1.23. The highest BCUT2D eigenvalue weighted by Crippen LogP contribution is 2.25. The van der Waals surface area contributed by atoms with E-state index in [9.17, 15) is 0 Å². The molecular weight excluding hydrogens is 260 g/mol. The molecular formula is C18H20N2O. The number of para-hydroxylation sites is 1. The molecule has 0 spiro atoms. The minimum Gasteiger partial charge on any atom is -0.496 e. The van der Waals surface area contributed by atoms with Crippen LogP contribution >= 0.6 is 0 Å². The SMILES string of the molecule is COc1ccc(C)cc1Cn1cc(CN)c2ccccc21. The number of ether oxygens (including phenoxy) is 1. The number of rotatable bonds is 4. The summed E-state index contributed by atoms with van der Waals surface area (Å²) < 4.78 is 7.72. The van der Waals surface area contributed by atoms with Gasteiger partial charge in [-0.05, 0) is 24.6 Å². The molecule has 0 saturated carbocycles. The smallest absolute Gasteiger partial charge is 0.123 e. The van der Waals surface area contributed by atoms with Gasteiger partial charge in [0.25, 0.3) is 0 Å². The second-order valence-corrected chi connectivity index (χ2v) is 5.32. The Morgan fingerprint density at radius 2 is 1.90 bits per heavy atom. The van der Waals surface area contributed by atoms with Crippen molar-refractivity contribution in [3.05, 3.63) is 65.4 Å². The normalized spacial score (nSPS) is 11.0. The van der Waals surface area contributed by atoms with E-state index in [1.165, 1.54) is 27.6 Å². The molecule has 1 heterocycles. The third-order valence-corrected chi connectivity index (χ3v) is 3.87. The number of aryl methyl sites for hydroxylation is 1. The van der Waals surface area contributed by atoms with Gasteiger partial charge in [0.2, 0.25) is 0 Å². The van der Waals surface area contributed by atoms with E-state index >= 15 is 0 Å².